The van der Waals surface area contributed by atoms with Gasteiger partial charge in [0.25, 0.3) is 0 Å². The lowest BCUT2D eigenvalue weighted by Gasteiger charge is -2.48. The van der Waals surface area contributed by atoms with Crippen LogP contribution in [0.1, 0.15) is 41.5 Å². The molecule has 1 unspecified atom stereocenters. The van der Waals surface area contributed by atoms with Crippen molar-refractivity contribution in [3.8, 4) is 5.75 Å². The minimum atomic E-state index is -0.597. The van der Waals surface area contributed by atoms with Crippen LogP contribution in [0.15, 0.2) is 33.5 Å². The van der Waals surface area contributed by atoms with E-state index in [1.165, 1.54) is 6.92 Å². The van der Waals surface area contributed by atoms with Gasteiger partial charge in [0.1, 0.15) is 17.0 Å². The summed E-state index contributed by atoms with van der Waals surface area (Å²) in [4.78, 5) is 23.2. The number of benzene rings is 1. The summed E-state index contributed by atoms with van der Waals surface area (Å²) in [6.45, 7) is 12.1. The van der Waals surface area contributed by atoms with E-state index < -0.39 is 5.63 Å². The number of anilines is 1. The minimum absolute atomic E-state index is 0.123. The topological polar surface area (TPSA) is 77.8 Å². The summed E-state index contributed by atoms with van der Waals surface area (Å²) in [5.41, 5.74) is -0.360. The van der Waals surface area contributed by atoms with E-state index in [-0.39, 0.29) is 29.4 Å². The molecule has 2 aromatic rings. The molecule has 1 fully saturated rings. The summed E-state index contributed by atoms with van der Waals surface area (Å²) >= 11 is 0. The average Bonchev–Trinajstić information content (AvgIpc) is 2.58. The van der Waals surface area contributed by atoms with Crippen molar-refractivity contribution in [2.24, 2.45) is 17.8 Å². The van der Waals surface area contributed by atoms with Crippen molar-refractivity contribution in [3.63, 3.8) is 0 Å². The summed E-state index contributed by atoms with van der Waals surface area (Å²) in [5, 5.41) is 3.17. The van der Waals surface area contributed by atoms with Crippen LogP contribution in [-0.2, 0) is 9.53 Å². The fraction of sp³-hybridized carbons (Fsp3) is 0.524. The molecule has 1 saturated heterocycles. The van der Waals surface area contributed by atoms with Crippen LogP contribution in [-0.4, -0.2) is 17.8 Å². The number of amides is 1. The second-order valence-corrected chi connectivity index (χ2v) is 8.04. The maximum absolute atomic E-state index is 12.0. The predicted molar refractivity (Wildman–Crippen MR) is 104 cm³/mol. The van der Waals surface area contributed by atoms with Gasteiger partial charge in [0, 0.05) is 24.3 Å². The summed E-state index contributed by atoms with van der Waals surface area (Å²) in [5.74, 6) is 1.33. The second kappa shape index (κ2) is 7.00. The van der Waals surface area contributed by atoms with E-state index in [0.29, 0.717) is 28.6 Å². The normalized spacial score (nSPS) is 27.3. The van der Waals surface area contributed by atoms with Crippen molar-refractivity contribution < 1.29 is 18.7 Å². The van der Waals surface area contributed by atoms with Gasteiger partial charge in [-0.05, 0) is 43.9 Å². The highest BCUT2D eigenvalue weighted by atomic mass is 16.7. The number of nitrogens with one attached hydrogen (secondary N) is 1. The smallest absolute Gasteiger partial charge is 0.360 e. The fourth-order valence-corrected chi connectivity index (χ4v) is 3.56. The van der Waals surface area contributed by atoms with Crippen LogP contribution in [0.4, 0.5) is 5.69 Å². The zero-order chi connectivity index (χ0) is 19.9. The molecule has 0 radical (unpaired) electrons. The molecule has 1 N–H and O–H groups in total. The Morgan fingerprint density at radius 1 is 1.15 bits per heavy atom. The summed E-state index contributed by atoms with van der Waals surface area (Å²) in [6, 6.07) is 6.88. The van der Waals surface area contributed by atoms with Gasteiger partial charge in [0.05, 0.1) is 5.60 Å². The Balaban J connectivity index is 1.87. The molecule has 1 aromatic carbocycles. The van der Waals surface area contributed by atoms with Crippen LogP contribution in [0.3, 0.4) is 0 Å². The predicted octanol–water partition coefficient (Wildman–Crippen LogP) is 4.17. The van der Waals surface area contributed by atoms with Crippen molar-refractivity contribution >= 4 is 22.6 Å². The lowest BCUT2D eigenvalue weighted by atomic mass is 9.73. The molecule has 1 aromatic heterocycles. The molecule has 3 rings (SSSR count). The number of hydrogen-bond acceptors (Lipinski definition) is 5. The number of carbonyl (C=O) groups excluding carboxylic acids is 1. The zero-order valence-electron chi connectivity index (χ0n) is 16.7. The second-order valence-electron chi connectivity index (χ2n) is 8.04. The SMILES string of the molecule is CC(=O)Nc1cc2ccc(OC3OC(C)(C)[C@H](C)[C@H](C)[C@@H]3C)cc2oc1=O. The lowest BCUT2D eigenvalue weighted by molar-refractivity contribution is -0.248. The fourth-order valence-electron chi connectivity index (χ4n) is 3.56. The molecular formula is C21H27NO5. The molecule has 2 heterocycles. The van der Waals surface area contributed by atoms with Crippen molar-refractivity contribution in [1.29, 1.82) is 0 Å². The van der Waals surface area contributed by atoms with Crippen LogP contribution < -0.4 is 15.7 Å². The van der Waals surface area contributed by atoms with Crippen LogP contribution >= 0.6 is 0 Å². The molecule has 6 heteroatoms. The molecular weight excluding hydrogens is 346 g/mol. The molecule has 4 atom stereocenters. The number of ether oxygens (including phenoxy) is 2. The van der Waals surface area contributed by atoms with E-state index in [1.54, 1.807) is 18.2 Å². The summed E-state index contributed by atoms with van der Waals surface area (Å²) < 4.78 is 17.7. The van der Waals surface area contributed by atoms with E-state index in [0.717, 1.165) is 0 Å². The molecule has 1 amide bonds. The average molecular weight is 373 g/mol. The van der Waals surface area contributed by atoms with Gasteiger partial charge in [-0.2, -0.15) is 0 Å². The van der Waals surface area contributed by atoms with Gasteiger partial charge in [0.2, 0.25) is 12.2 Å². The van der Waals surface area contributed by atoms with Gasteiger partial charge in [-0.3, -0.25) is 4.79 Å². The Morgan fingerprint density at radius 2 is 1.85 bits per heavy atom. The third kappa shape index (κ3) is 3.86. The van der Waals surface area contributed by atoms with Gasteiger partial charge in [-0.15, -0.1) is 0 Å². The number of fused-ring (bicyclic) bond motifs is 1. The Morgan fingerprint density at radius 3 is 2.52 bits per heavy atom. The molecule has 0 spiro atoms. The maximum atomic E-state index is 12.0. The molecule has 27 heavy (non-hydrogen) atoms. The highest BCUT2D eigenvalue weighted by Crippen LogP contribution is 2.41. The molecule has 0 bridgehead atoms. The van der Waals surface area contributed by atoms with Crippen molar-refractivity contribution in [1.82, 2.24) is 0 Å². The first kappa shape index (κ1) is 19.4. The van der Waals surface area contributed by atoms with Crippen LogP contribution in [0.5, 0.6) is 5.75 Å². The molecule has 0 saturated carbocycles. The lowest BCUT2D eigenvalue weighted by Crippen LogP contribution is -2.52. The first-order chi connectivity index (χ1) is 12.6. The Kier molecular flexibility index (Phi) is 5.04. The van der Waals surface area contributed by atoms with E-state index in [1.807, 2.05) is 6.07 Å². The summed E-state index contributed by atoms with van der Waals surface area (Å²) in [6.07, 6.45) is -0.381. The Hall–Kier alpha value is -2.34. The zero-order valence-corrected chi connectivity index (χ0v) is 16.7. The van der Waals surface area contributed by atoms with Gasteiger partial charge in [-0.25, -0.2) is 4.79 Å². The number of hydrogen-bond donors (Lipinski definition) is 1. The first-order valence-electron chi connectivity index (χ1n) is 9.28. The highest BCUT2D eigenvalue weighted by molar-refractivity contribution is 5.91. The highest BCUT2D eigenvalue weighted by Gasteiger charge is 2.44. The monoisotopic (exact) mass is 373 g/mol. The first-order valence-corrected chi connectivity index (χ1v) is 9.28. The van der Waals surface area contributed by atoms with Gasteiger partial charge >= 0.3 is 5.63 Å². The van der Waals surface area contributed by atoms with Crippen LogP contribution in [0, 0.1) is 17.8 Å². The van der Waals surface area contributed by atoms with E-state index in [4.69, 9.17) is 13.9 Å². The Labute approximate surface area is 158 Å². The molecule has 1 aliphatic rings. The largest absolute Gasteiger partial charge is 0.464 e. The van der Waals surface area contributed by atoms with Gasteiger partial charge < -0.3 is 19.2 Å². The molecule has 0 aliphatic carbocycles. The van der Waals surface area contributed by atoms with Crippen LogP contribution in [0.2, 0.25) is 0 Å². The van der Waals surface area contributed by atoms with E-state index >= 15 is 0 Å². The standard InChI is InChI=1S/C21H27NO5/c1-11-12(2)20(27-21(5,6)13(11)3)25-16-8-7-15-9-17(22-14(4)23)19(24)26-18(15)10-16/h7-13,20H,1-6H3,(H,22,23)/t11-,12+,13-,20?/m1/s1. The van der Waals surface area contributed by atoms with E-state index in [9.17, 15) is 9.59 Å². The minimum Gasteiger partial charge on any atom is -0.464 e. The maximum Gasteiger partial charge on any atom is 0.360 e. The molecule has 146 valence electrons. The number of rotatable bonds is 3. The molecule has 6 nitrogen and oxygen atoms in total. The van der Waals surface area contributed by atoms with Gasteiger partial charge in [-0.1, -0.05) is 20.8 Å². The van der Waals surface area contributed by atoms with Crippen molar-refractivity contribution in [2.75, 3.05) is 5.32 Å². The third-order valence-corrected chi connectivity index (χ3v) is 5.83. The third-order valence-electron chi connectivity index (χ3n) is 5.83. The number of carbonyl (C=O) groups is 1. The van der Waals surface area contributed by atoms with Crippen molar-refractivity contribution in [3.05, 3.63) is 34.7 Å². The Bertz CT molecular complexity index is 916. The molecule has 1 aliphatic heterocycles. The van der Waals surface area contributed by atoms with Crippen LogP contribution in [0.25, 0.3) is 11.0 Å². The quantitative estimate of drug-likeness (QED) is 0.817. The van der Waals surface area contributed by atoms with Gasteiger partial charge in [0.15, 0.2) is 0 Å². The van der Waals surface area contributed by atoms with Crippen molar-refractivity contribution in [2.45, 2.75) is 53.4 Å². The van der Waals surface area contributed by atoms with E-state index in [2.05, 4.69) is 39.9 Å². The summed E-state index contributed by atoms with van der Waals surface area (Å²) in [7, 11) is 0.